The van der Waals surface area contributed by atoms with Crippen LogP contribution in [-0.2, 0) is 28.1 Å². The first-order chi connectivity index (χ1) is 15.0. The number of nitrogens with zero attached hydrogens (tertiary/aromatic N) is 3. The molecular formula is C24H26N4O3. The minimum Gasteiger partial charge on any atom is -0.332 e. The molecule has 7 nitrogen and oxygen atoms in total. The Labute approximate surface area is 181 Å². The van der Waals surface area contributed by atoms with Gasteiger partial charge in [0.25, 0.3) is 5.91 Å². The van der Waals surface area contributed by atoms with Gasteiger partial charge >= 0.3 is 6.03 Å². The van der Waals surface area contributed by atoms with E-state index in [2.05, 4.69) is 10.3 Å². The van der Waals surface area contributed by atoms with Crippen molar-refractivity contribution in [2.75, 3.05) is 6.54 Å². The lowest BCUT2D eigenvalue weighted by atomic mass is 9.92. The maximum Gasteiger partial charge on any atom is 0.325 e. The van der Waals surface area contributed by atoms with Crippen LogP contribution in [0.5, 0.6) is 0 Å². The minimum atomic E-state index is -1.04. The Morgan fingerprint density at radius 3 is 2.74 bits per heavy atom. The minimum absolute atomic E-state index is 0.0384. The van der Waals surface area contributed by atoms with E-state index in [0.29, 0.717) is 18.9 Å². The van der Waals surface area contributed by atoms with E-state index in [1.165, 1.54) is 0 Å². The number of hydrogen-bond donors (Lipinski definition) is 1. The Kier molecular flexibility index (Phi) is 4.76. The molecule has 2 aliphatic carbocycles. The highest BCUT2D eigenvalue weighted by Gasteiger charge is 2.55. The number of pyridine rings is 1. The summed E-state index contributed by atoms with van der Waals surface area (Å²) in [6.07, 6.45) is 5.15. The largest absolute Gasteiger partial charge is 0.332 e. The lowest BCUT2D eigenvalue weighted by Crippen LogP contribution is -2.47. The normalized spacial score (nSPS) is 23.1. The molecule has 2 atom stereocenters. The third-order valence-electron chi connectivity index (χ3n) is 6.89. The summed E-state index contributed by atoms with van der Waals surface area (Å²) in [4.78, 5) is 46.8. The maximum atomic E-state index is 13.4. The average Bonchev–Trinajstić information content (AvgIpc) is 3.54. The summed E-state index contributed by atoms with van der Waals surface area (Å²) in [6.45, 7) is 2.16. The van der Waals surface area contributed by atoms with E-state index < -0.39 is 11.6 Å². The standard InChI is InChI=1S/C24H26N4O3/c1-16(17-9-10-17)27(14-19-7-4-5-13-25-19)21(29)15-28-22(30)24(26-23(28)31)12-11-18-6-2-3-8-20(18)24/h2-8,13,16-17H,9-12,14-15H2,1H3,(H,26,31). The van der Waals surface area contributed by atoms with Gasteiger partial charge in [-0.3, -0.25) is 19.5 Å². The molecule has 2 heterocycles. The zero-order valence-corrected chi connectivity index (χ0v) is 17.6. The van der Waals surface area contributed by atoms with Gasteiger partial charge in [0.15, 0.2) is 0 Å². The van der Waals surface area contributed by atoms with Crippen LogP contribution in [0, 0.1) is 5.92 Å². The second kappa shape index (κ2) is 7.48. The molecule has 1 saturated carbocycles. The number of aryl methyl sites for hydroxylation is 1. The van der Waals surface area contributed by atoms with Crippen molar-refractivity contribution < 1.29 is 14.4 Å². The number of fused-ring (bicyclic) bond motifs is 2. The van der Waals surface area contributed by atoms with Crippen LogP contribution in [0.3, 0.4) is 0 Å². The Balaban J connectivity index is 1.37. The summed E-state index contributed by atoms with van der Waals surface area (Å²) < 4.78 is 0. The van der Waals surface area contributed by atoms with E-state index in [-0.39, 0.29) is 24.4 Å². The SMILES string of the molecule is CC(C1CC1)N(Cc1ccccn1)C(=O)CN1C(=O)NC2(CCc3ccccc32)C1=O. The third-order valence-corrected chi connectivity index (χ3v) is 6.89. The Bertz CT molecular complexity index is 1040. The molecule has 2 aromatic rings. The molecule has 1 aromatic heterocycles. The summed E-state index contributed by atoms with van der Waals surface area (Å²) >= 11 is 0. The van der Waals surface area contributed by atoms with Gasteiger partial charge in [0.2, 0.25) is 5.91 Å². The smallest absolute Gasteiger partial charge is 0.325 e. The molecule has 1 N–H and O–H groups in total. The number of aromatic nitrogens is 1. The fraction of sp³-hybridized carbons (Fsp3) is 0.417. The van der Waals surface area contributed by atoms with E-state index in [4.69, 9.17) is 0 Å². The van der Waals surface area contributed by atoms with Gasteiger partial charge < -0.3 is 10.2 Å². The highest BCUT2D eigenvalue weighted by atomic mass is 16.2. The second-order valence-corrected chi connectivity index (χ2v) is 8.80. The van der Waals surface area contributed by atoms with Crippen molar-refractivity contribution in [3.8, 4) is 0 Å². The molecule has 2 fully saturated rings. The van der Waals surface area contributed by atoms with Gasteiger partial charge in [0.05, 0.1) is 12.2 Å². The predicted molar refractivity (Wildman–Crippen MR) is 114 cm³/mol. The summed E-state index contributed by atoms with van der Waals surface area (Å²) in [6, 6.07) is 12.9. The highest BCUT2D eigenvalue weighted by Crippen LogP contribution is 2.41. The van der Waals surface area contributed by atoms with E-state index >= 15 is 0 Å². The molecule has 2 unspecified atom stereocenters. The molecule has 1 spiro atoms. The van der Waals surface area contributed by atoms with Crippen molar-refractivity contribution in [1.82, 2.24) is 20.1 Å². The molecule has 1 aromatic carbocycles. The van der Waals surface area contributed by atoms with Crippen LogP contribution in [0.2, 0.25) is 0 Å². The second-order valence-electron chi connectivity index (χ2n) is 8.80. The van der Waals surface area contributed by atoms with Crippen LogP contribution in [0.4, 0.5) is 4.79 Å². The van der Waals surface area contributed by atoms with Crippen molar-refractivity contribution in [3.05, 3.63) is 65.5 Å². The first-order valence-corrected chi connectivity index (χ1v) is 10.9. The number of imide groups is 1. The molecule has 160 valence electrons. The molecule has 1 saturated heterocycles. The topological polar surface area (TPSA) is 82.6 Å². The van der Waals surface area contributed by atoms with Gasteiger partial charge in [-0.25, -0.2) is 4.79 Å². The Hall–Kier alpha value is -3.22. The number of hydrogen-bond acceptors (Lipinski definition) is 4. The molecule has 5 rings (SSSR count). The number of urea groups is 1. The Morgan fingerprint density at radius 2 is 2.00 bits per heavy atom. The monoisotopic (exact) mass is 418 g/mol. The van der Waals surface area contributed by atoms with Crippen molar-refractivity contribution in [1.29, 1.82) is 0 Å². The average molecular weight is 418 g/mol. The van der Waals surface area contributed by atoms with Gasteiger partial charge in [-0.2, -0.15) is 0 Å². The fourth-order valence-corrected chi connectivity index (χ4v) is 4.92. The van der Waals surface area contributed by atoms with Crippen LogP contribution in [0.1, 0.15) is 43.0 Å². The summed E-state index contributed by atoms with van der Waals surface area (Å²) in [5, 5.41) is 2.90. The number of amides is 4. The van der Waals surface area contributed by atoms with Gasteiger partial charge in [-0.15, -0.1) is 0 Å². The van der Waals surface area contributed by atoms with Crippen LogP contribution in [0.25, 0.3) is 0 Å². The molecule has 0 radical (unpaired) electrons. The summed E-state index contributed by atoms with van der Waals surface area (Å²) in [7, 11) is 0. The molecule has 1 aliphatic heterocycles. The van der Waals surface area contributed by atoms with E-state index in [1.807, 2.05) is 49.4 Å². The number of benzene rings is 1. The van der Waals surface area contributed by atoms with Gasteiger partial charge in [0.1, 0.15) is 12.1 Å². The molecular weight excluding hydrogens is 392 g/mol. The first-order valence-electron chi connectivity index (χ1n) is 10.9. The fourth-order valence-electron chi connectivity index (χ4n) is 4.92. The van der Waals surface area contributed by atoms with Crippen molar-refractivity contribution in [2.45, 2.75) is 50.7 Å². The predicted octanol–water partition coefficient (Wildman–Crippen LogP) is 2.60. The van der Waals surface area contributed by atoms with Crippen molar-refractivity contribution >= 4 is 17.8 Å². The first kappa shape index (κ1) is 19.7. The van der Waals surface area contributed by atoms with Gasteiger partial charge in [-0.1, -0.05) is 30.3 Å². The lowest BCUT2D eigenvalue weighted by molar-refractivity contribution is -0.141. The number of nitrogens with one attached hydrogen (secondary N) is 1. The van der Waals surface area contributed by atoms with Gasteiger partial charge in [0, 0.05) is 12.2 Å². The van der Waals surface area contributed by atoms with Gasteiger partial charge in [-0.05, 0) is 61.8 Å². The summed E-state index contributed by atoms with van der Waals surface area (Å²) in [5.74, 6) is -0.0895. The van der Waals surface area contributed by atoms with E-state index in [0.717, 1.165) is 41.0 Å². The maximum absolute atomic E-state index is 13.4. The van der Waals surface area contributed by atoms with E-state index in [9.17, 15) is 14.4 Å². The quantitative estimate of drug-likeness (QED) is 0.731. The number of carbonyl (C=O) groups excluding carboxylic acids is 3. The molecule has 7 heteroatoms. The van der Waals surface area contributed by atoms with Crippen LogP contribution < -0.4 is 5.32 Å². The molecule has 0 bridgehead atoms. The van der Waals surface area contributed by atoms with Crippen LogP contribution in [0.15, 0.2) is 48.7 Å². The van der Waals surface area contributed by atoms with Crippen LogP contribution >= 0.6 is 0 Å². The lowest BCUT2D eigenvalue weighted by Gasteiger charge is -2.30. The zero-order valence-electron chi connectivity index (χ0n) is 17.6. The summed E-state index contributed by atoms with van der Waals surface area (Å²) in [5.41, 5.74) is 1.67. The molecule has 31 heavy (non-hydrogen) atoms. The van der Waals surface area contributed by atoms with Crippen molar-refractivity contribution in [2.24, 2.45) is 5.92 Å². The Morgan fingerprint density at radius 1 is 1.23 bits per heavy atom. The third kappa shape index (κ3) is 3.38. The zero-order chi connectivity index (χ0) is 21.6. The number of carbonyl (C=O) groups is 3. The number of rotatable bonds is 6. The highest BCUT2D eigenvalue weighted by molar-refractivity contribution is 6.09. The van der Waals surface area contributed by atoms with E-state index in [1.54, 1.807) is 11.1 Å². The molecule has 3 aliphatic rings. The van der Waals surface area contributed by atoms with Crippen LogP contribution in [-0.4, -0.2) is 45.2 Å². The molecule has 4 amide bonds. The van der Waals surface area contributed by atoms with Crippen molar-refractivity contribution in [3.63, 3.8) is 0 Å².